The fourth-order valence-corrected chi connectivity index (χ4v) is 5.18. The minimum Gasteiger partial charge on any atom is -0.287 e. The molecule has 0 aliphatic rings. The Labute approximate surface area is 183 Å². The molecule has 0 unspecified atom stereocenters. The smallest absolute Gasteiger partial charge is 0.287 e. The summed E-state index contributed by atoms with van der Waals surface area (Å²) >= 11 is 1.45. The molecule has 5 aromatic rings. The Balaban J connectivity index is 1.91. The fraction of sp³-hybridized carbons (Fsp3) is 0.154. The highest BCUT2D eigenvalue weighted by molar-refractivity contribution is 7.25. The molecule has 154 valence electrons. The Morgan fingerprint density at radius 2 is 1.55 bits per heavy atom. The first-order valence-electron chi connectivity index (χ1n) is 10.2. The SMILES string of the molecule is Cc1ccc(-n2c(=O)c3sc4ccccc4c3n(Cc3ccccc3C)c2=O)cc1C. The summed E-state index contributed by atoms with van der Waals surface area (Å²) in [5.41, 5.74) is 5.11. The highest BCUT2D eigenvalue weighted by atomic mass is 32.1. The van der Waals surface area contributed by atoms with E-state index in [9.17, 15) is 9.59 Å². The highest BCUT2D eigenvalue weighted by Crippen LogP contribution is 2.31. The van der Waals surface area contributed by atoms with Gasteiger partial charge in [0.25, 0.3) is 5.56 Å². The molecule has 31 heavy (non-hydrogen) atoms. The van der Waals surface area contributed by atoms with Gasteiger partial charge in [-0.15, -0.1) is 11.3 Å². The van der Waals surface area contributed by atoms with Crippen LogP contribution in [0.5, 0.6) is 0 Å². The van der Waals surface area contributed by atoms with Crippen molar-refractivity contribution in [2.24, 2.45) is 0 Å². The lowest BCUT2D eigenvalue weighted by molar-refractivity contribution is 0.715. The normalized spacial score (nSPS) is 11.5. The van der Waals surface area contributed by atoms with Gasteiger partial charge in [0, 0.05) is 10.1 Å². The Bertz CT molecular complexity index is 1590. The third-order valence-corrected chi connectivity index (χ3v) is 7.15. The number of nitrogens with zero attached hydrogens (tertiary/aromatic N) is 2. The Kier molecular flexibility index (Phi) is 4.63. The van der Waals surface area contributed by atoms with Crippen LogP contribution in [-0.2, 0) is 6.54 Å². The summed E-state index contributed by atoms with van der Waals surface area (Å²) in [7, 11) is 0. The largest absolute Gasteiger partial charge is 0.336 e. The summed E-state index contributed by atoms with van der Waals surface area (Å²) in [5.74, 6) is 0. The van der Waals surface area contributed by atoms with Crippen LogP contribution in [0.3, 0.4) is 0 Å². The van der Waals surface area contributed by atoms with Crippen molar-refractivity contribution in [3.63, 3.8) is 0 Å². The fourth-order valence-electron chi connectivity index (χ4n) is 4.05. The molecule has 0 saturated heterocycles. The molecule has 0 spiro atoms. The summed E-state index contributed by atoms with van der Waals surface area (Å²) in [4.78, 5) is 27.3. The van der Waals surface area contributed by atoms with Gasteiger partial charge in [-0.3, -0.25) is 9.36 Å². The van der Waals surface area contributed by atoms with E-state index in [1.54, 1.807) is 4.57 Å². The van der Waals surface area contributed by atoms with Crippen molar-refractivity contribution in [2.75, 3.05) is 0 Å². The van der Waals surface area contributed by atoms with Crippen LogP contribution in [0.25, 0.3) is 26.0 Å². The van der Waals surface area contributed by atoms with Crippen LogP contribution in [0.15, 0.2) is 76.3 Å². The number of aromatic nitrogens is 2. The molecule has 3 aromatic carbocycles. The second kappa shape index (κ2) is 7.36. The van der Waals surface area contributed by atoms with E-state index in [1.165, 1.54) is 15.9 Å². The van der Waals surface area contributed by atoms with Gasteiger partial charge in [0.2, 0.25) is 0 Å². The Hall–Kier alpha value is -3.44. The van der Waals surface area contributed by atoms with Gasteiger partial charge < -0.3 is 0 Å². The van der Waals surface area contributed by atoms with Crippen LogP contribution in [0.4, 0.5) is 0 Å². The van der Waals surface area contributed by atoms with Gasteiger partial charge in [-0.05, 0) is 61.2 Å². The molecular weight excluding hydrogens is 404 g/mol. The van der Waals surface area contributed by atoms with Crippen molar-refractivity contribution in [1.82, 2.24) is 9.13 Å². The highest BCUT2D eigenvalue weighted by Gasteiger charge is 2.20. The van der Waals surface area contributed by atoms with Crippen LogP contribution in [0, 0.1) is 20.8 Å². The Morgan fingerprint density at radius 1 is 0.806 bits per heavy atom. The number of hydrogen-bond acceptors (Lipinski definition) is 3. The van der Waals surface area contributed by atoms with E-state index >= 15 is 0 Å². The first kappa shape index (κ1) is 19.5. The maximum absolute atomic E-state index is 13.8. The zero-order valence-electron chi connectivity index (χ0n) is 17.7. The zero-order chi connectivity index (χ0) is 21.7. The summed E-state index contributed by atoms with van der Waals surface area (Å²) in [6.45, 7) is 6.47. The first-order valence-corrected chi connectivity index (χ1v) is 11.1. The molecular formula is C26H22N2O2S. The predicted octanol–water partition coefficient (Wildman–Crippen LogP) is 5.34. The molecule has 2 heterocycles. The van der Waals surface area contributed by atoms with Crippen LogP contribution in [-0.4, -0.2) is 9.13 Å². The molecule has 0 radical (unpaired) electrons. The van der Waals surface area contributed by atoms with Crippen LogP contribution >= 0.6 is 11.3 Å². The minimum absolute atomic E-state index is 0.259. The number of benzene rings is 3. The molecule has 0 aliphatic heterocycles. The van der Waals surface area contributed by atoms with Gasteiger partial charge in [0.15, 0.2) is 0 Å². The van der Waals surface area contributed by atoms with Gasteiger partial charge in [-0.25, -0.2) is 9.36 Å². The van der Waals surface area contributed by atoms with Crippen molar-refractivity contribution in [3.05, 3.63) is 110 Å². The molecule has 4 nitrogen and oxygen atoms in total. The van der Waals surface area contributed by atoms with Crippen molar-refractivity contribution < 1.29 is 0 Å². The van der Waals surface area contributed by atoms with Gasteiger partial charge in [0.1, 0.15) is 4.70 Å². The molecule has 2 aromatic heterocycles. The van der Waals surface area contributed by atoms with E-state index < -0.39 is 0 Å². The summed E-state index contributed by atoms with van der Waals surface area (Å²) in [5, 5.41) is 0.942. The van der Waals surface area contributed by atoms with E-state index in [2.05, 4.69) is 0 Å². The third kappa shape index (κ3) is 3.13. The third-order valence-electron chi connectivity index (χ3n) is 6.00. The number of rotatable bonds is 3. The van der Waals surface area contributed by atoms with Crippen LogP contribution in [0.2, 0.25) is 0 Å². The van der Waals surface area contributed by atoms with Gasteiger partial charge >= 0.3 is 5.69 Å². The summed E-state index contributed by atoms with van der Waals surface area (Å²) in [6, 6.07) is 21.7. The van der Waals surface area contributed by atoms with E-state index in [1.807, 2.05) is 87.5 Å². The number of aryl methyl sites for hydroxylation is 3. The van der Waals surface area contributed by atoms with Gasteiger partial charge in [-0.2, -0.15) is 0 Å². The zero-order valence-corrected chi connectivity index (χ0v) is 18.5. The van der Waals surface area contributed by atoms with E-state index in [4.69, 9.17) is 0 Å². The summed E-state index contributed by atoms with van der Waals surface area (Å²) < 4.78 is 4.69. The quantitative estimate of drug-likeness (QED) is 0.391. The standard InChI is InChI=1S/C26H22N2O2S/c1-16-12-13-20(14-18(16)3)28-25(29)24-23(21-10-6-7-11-22(21)31-24)27(26(28)30)15-19-9-5-4-8-17(19)2/h4-14H,15H2,1-3H3. The lowest BCUT2D eigenvalue weighted by Gasteiger charge is -2.15. The van der Waals surface area contributed by atoms with E-state index in [0.29, 0.717) is 16.9 Å². The van der Waals surface area contributed by atoms with Gasteiger partial charge in [-0.1, -0.05) is 48.5 Å². The first-order chi connectivity index (χ1) is 15.0. The maximum atomic E-state index is 13.8. The number of hydrogen-bond donors (Lipinski definition) is 0. The monoisotopic (exact) mass is 426 g/mol. The summed E-state index contributed by atoms with van der Waals surface area (Å²) in [6.07, 6.45) is 0. The lowest BCUT2D eigenvalue weighted by atomic mass is 10.1. The van der Waals surface area contributed by atoms with Gasteiger partial charge in [0.05, 0.1) is 17.7 Å². The molecule has 0 amide bonds. The Morgan fingerprint density at radius 3 is 2.32 bits per heavy atom. The predicted molar refractivity (Wildman–Crippen MR) is 129 cm³/mol. The molecule has 0 atom stereocenters. The van der Waals surface area contributed by atoms with E-state index in [0.717, 1.165) is 37.9 Å². The molecule has 0 bridgehead atoms. The molecule has 0 saturated carbocycles. The molecule has 0 aliphatic carbocycles. The average molecular weight is 427 g/mol. The van der Waals surface area contributed by atoms with Crippen molar-refractivity contribution >= 4 is 31.6 Å². The van der Waals surface area contributed by atoms with Crippen LogP contribution < -0.4 is 11.2 Å². The number of fused-ring (bicyclic) bond motifs is 3. The van der Waals surface area contributed by atoms with E-state index in [-0.39, 0.29) is 11.2 Å². The molecule has 5 heteroatoms. The second-order valence-corrected chi connectivity index (χ2v) is 9.03. The maximum Gasteiger partial charge on any atom is 0.336 e. The number of thiophene rings is 1. The van der Waals surface area contributed by atoms with Crippen molar-refractivity contribution in [2.45, 2.75) is 27.3 Å². The molecule has 0 N–H and O–H groups in total. The van der Waals surface area contributed by atoms with Crippen molar-refractivity contribution in [3.8, 4) is 5.69 Å². The molecule has 5 rings (SSSR count). The lowest BCUT2D eigenvalue weighted by Crippen LogP contribution is -2.38. The minimum atomic E-state index is -0.312. The average Bonchev–Trinajstić information content (AvgIpc) is 3.15. The topological polar surface area (TPSA) is 44.0 Å². The van der Waals surface area contributed by atoms with Crippen LogP contribution in [0.1, 0.15) is 22.3 Å². The molecule has 0 fully saturated rings. The second-order valence-electron chi connectivity index (χ2n) is 7.98. The van der Waals surface area contributed by atoms with Crippen molar-refractivity contribution in [1.29, 1.82) is 0 Å².